The summed E-state index contributed by atoms with van der Waals surface area (Å²) in [5.74, 6) is 2.26. The van der Waals surface area contributed by atoms with Gasteiger partial charge in [-0.3, -0.25) is 4.79 Å². The molecule has 0 unspecified atom stereocenters. The molecule has 0 spiro atoms. The van der Waals surface area contributed by atoms with Gasteiger partial charge in [-0.2, -0.15) is 4.98 Å². The van der Waals surface area contributed by atoms with E-state index in [9.17, 15) is 9.90 Å². The van der Waals surface area contributed by atoms with Crippen molar-refractivity contribution < 1.29 is 19.4 Å². The number of hydrogen-bond donors (Lipinski definition) is 3. The molecular weight excluding hydrogens is 494 g/mol. The van der Waals surface area contributed by atoms with Crippen LogP contribution in [0, 0.1) is 5.41 Å². The number of aromatic nitrogens is 2. The van der Waals surface area contributed by atoms with Crippen LogP contribution in [0.15, 0.2) is 66.7 Å². The second-order valence-electron chi connectivity index (χ2n) is 9.91. The Balaban J connectivity index is 1.37. The fourth-order valence-corrected chi connectivity index (χ4v) is 5.20. The number of hydrogen-bond acceptors (Lipinski definition) is 8. The van der Waals surface area contributed by atoms with Crippen molar-refractivity contribution in [3.05, 3.63) is 77.9 Å². The molecule has 0 atom stereocenters. The van der Waals surface area contributed by atoms with E-state index >= 15 is 0 Å². The summed E-state index contributed by atoms with van der Waals surface area (Å²) in [4.78, 5) is 25.2. The van der Waals surface area contributed by atoms with Gasteiger partial charge in [-0.15, -0.1) is 0 Å². The largest absolute Gasteiger partial charge is 0.508 e. The maximum Gasteiger partial charge on any atom is 0.227 e. The number of piperidine rings is 1. The summed E-state index contributed by atoms with van der Waals surface area (Å²) in [5.41, 5.74) is 8.48. The van der Waals surface area contributed by atoms with Crippen LogP contribution in [0.25, 0.3) is 10.9 Å². The Labute approximate surface area is 227 Å². The SMILES string of the molecule is COc1cc2nc(N3CCC(Cc4ccccc4)(C(=O)NCc4ccc(O)cc4)CC3)nc(N)c2cc1OC. The molecule has 0 bridgehead atoms. The van der Waals surface area contributed by atoms with E-state index in [2.05, 4.69) is 27.3 Å². The maximum atomic E-state index is 13.7. The molecule has 1 saturated heterocycles. The van der Waals surface area contributed by atoms with Crippen molar-refractivity contribution in [2.24, 2.45) is 5.41 Å². The number of anilines is 2. The fraction of sp³-hybridized carbons (Fsp3) is 0.300. The number of benzene rings is 3. The molecule has 1 aliphatic rings. The number of rotatable bonds is 8. The average Bonchev–Trinajstić information content (AvgIpc) is 2.96. The Morgan fingerprint density at radius 1 is 0.974 bits per heavy atom. The number of nitrogens with zero attached hydrogens (tertiary/aromatic N) is 3. The molecule has 4 aromatic rings. The van der Waals surface area contributed by atoms with Crippen LogP contribution in [-0.2, 0) is 17.8 Å². The standard InChI is InChI=1S/C30H33N5O4/c1-38-25-16-23-24(17-26(25)39-2)33-29(34-27(23)31)35-14-12-30(13-15-35,18-20-6-4-3-5-7-20)28(37)32-19-21-8-10-22(36)11-9-21/h3-11,16-17,36H,12-15,18-19H2,1-2H3,(H,32,37)(H2,31,33,34). The molecule has 9 nitrogen and oxygen atoms in total. The van der Waals surface area contributed by atoms with Crippen molar-refractivity contribution in [1.29, 1.82) is 0 Å². The predicted octanol–water partition coefficient (Wildman–Crippen LogP) is 4.08. The first-order valence-corrected chi connectivity index (χ1v) is 12.9. The van der Waals surface area contributed by atoms with Gasteiger partial charge >= 0.3 is 0 Å². The summed E-state index contributed by atoms with van der Waals surface area (Å²) in [5, 5.41) is 13.4. The summed E-state index contributed by atoms with van der Waals surface area (Å²) in [6.07, 6.45) is 1.91. The van der Waals surface area contributed by atoms with Crippen molar-refractivity contribution in [2.75, 3.05) is 37.9 Å². The number of phenols is 1. The molecule has 2 heterocycles. The van der Waals surface area contributed by atoms with Gasteiger partial charge in [0, 0.05) is 31.1 Å². The second-order valence-corrected chi connectivity index (χ2v) is 9.91. The molecule has 202 valence electrons. The van der Waals surface area contributed by atoms with Crippen LogP contribution in [0.4, 0.5) is 11.8 Å². The highest BCUT2D eigenvalue weighted by atomic mass is 16.5. The van der Waals surface area contributed by atoms with E-state index in [-0.39, 0.29) is 11.7 Å². The number of phenolic OH excluding ortho intramolecular Hbond substituents is 1. The van der Waals surface area contributed by atoms with Crippen LogP contribution >= 0.6 is 0 Å². The van der Waals surface area contributed by atoms with Gasteiger partial charge in [0.2, 0.25) is 11.9 Å². The summed E-state index contributed by atoms with van der Waals surface area (Å²) in [6.45, 7) is 1.62. The molecule has 1 aliphatic heterocycles. The van der Waals surface area contributed by atoms with E-state index in [4.69, 9.17) is 20.2 Å². The lowest BCUT2D eigenvalue weighted by molar-refractivity contribution is -0.132. The predicted molar refractivity (Wildman–Crippen MR) is 151 cm³/mol. The topological polar surface area (TPSA) is 123 Å². The quantitative estimate of drug-likeness (QED) is 0.313. The normalized spacial score (nSPS) is 14.7. The Morgan fingerprint density at radius 3 is 2.31 bits per heavy atom. The van der Waals surface area contributed by atoms with Gasteiger partial charge in [0.15, 0.2) is 11.5 Å². The Kier molecular flexibility index (Phi) is 7.40. The first-order chi connectivity index (χ1) is 18.9. The molecule has 1 aromatic heterocycles. The molecule has 9 heteroatoms. The van der Waals surface area contributed by atoms with Crippen LogP contribution in [-0.4, -0.2) is 48.3 Å². The molecule has 0 radical (unpaired) electrons. The number of carbonyl (C=O) groups is 1. The molecular formula is C30H33N5O4. The van der Waals surface area contributed by atoms with Crippen molar-refractivity contribution in [3.8, 4) is 17.2 Å². The third-order valence-corrected chi connectivity index (χ3v) is 7.48. The van der Waals surface area contributed by atoms with Crippen LogP contribution in [0.1, 0.15) is 24.0 Å². The molecule has 39 heavy (non-hydrogen) atoms. The minimum absolute atomic E-state index is 0.0230. The number of amides is 1. The average molecular weight is 528 g/mol. The summed E-state index contributed by atoms with van der Waals surface area (Å²) in [7, 11) is 3.16. The van der Waals surface area contributed by atoms with Crippen LogP contribution < -0.4 is 25.4 Å². The molecule has 1 fully saturated rings. The van der Waals surface area contributed by atoms with Gasteiger partial charge in [-0.05, 0) is 48.6 Å². The lowest BCUT2D eigenvalue weighted by Crippen LogP contribution is -2.50. The number of fused-ring (bicyclic) bond motifs is 1. The zero-order valence-electron chi connectivity index (χ0n) is 22.2. The van der Waals surface area contributed by atoms with E-state index < -0.39 is 5.41 Å². The summed E-state index contributed by atoms with van der Waals surface area (Å²) in [6, 6.07) is 20.6. The van der Waals surface area contributed by atoms with E-state index in [0.29, 0.717) is 73.1 Å². The van der Waals surface area contributed by atoms with Crippen molar-refractivity contribution >= 4 is 28.6 Å². The summed E-state index contributed by atoms with van der Waals surface area (Å²) >= 11 is 0. The van der Waals surface area contributed by atoms with Gasteiger partial charge in [0.1, 0.15) is 11.6 Å². The Morgan fingerprint density at radius 2 is 1.64 bits per heavy atom. The van der Waals surface area contributed by atoms with Crippen molar-refractivity contribution in [3.63, 3.8) is 0 Å². The number of nitrogens with two attached hydrogens (primary N) is 1. The molecule has 0 aliphatic carbocycles. The number of carbonyl (C=O) groups excluding carboxylic acids is 1. The number of methoxy groups -OCH3 is 2. The van der Waals surface area contributed by atoms with Crippen molar-refractivity contribution in [1.82, 2.24) is 15.3 Å². The third kappa shape index (κ3) is 5.52. The fourth-order valence-electron chi connectivity index (χ4n) is 5.20. The molecule has 3 aromatic carbocycles. The van der Waals surface area contributed by atoms with E-state index in [0.717, 1.165) is 11.1 Å². The van der Waals surface area contributed by atoms with Crippen LogP contribution in [0.5, 0.6) is 17.2 Å². The zero-order valence-corrected chi connectivity index (χ0v) is 22.2. The van der Waals surface area contributed by atoms with Gasteiger partial charge in [0.05, 0.1) is 25.2 Å². The number of aromatic hydroxyl groups is 1. The number of ether oxygens (including phenoxy) is 2. The van der Waals surface area contributed by atoms with Crippen LogP contribution in [0.2, 0.25) is 0 Å². The lowest BCUT2D eigenvalue weighted by atomic mass is 9.73. The first-order valence-electron chi connectivity index (χ1n) is 12.9. The Hall–Kier alpha value is -4.53. The summed E-state index contributed by atoms with van der Waals surface area (Å²) < 4.78 is 10.8. The second kappa shape index (κ2) is 11.1. The first kappa shape index (κ1) is 26.1. The molecule has 0 saturated carbocycles. The Bertz CT molecular complexity index is 1450. The van der Waals surface area contributed by atoms with Gasteiger partial charge in [-0.25, -0.2) is 4.98 Å². The highest BCUT2D eigenvalue weighted by Crippen LogP contribution is 2.38. The van der Waals surface area contributed by atoms with Gasteiger partial charge in [0.25, 0.3) is 0 Å². The van der Waals surface area contributed by atoms with E-state index in [1.807, 2.05) is 30.3 Å². The highest BCUT2D eigenvalue weighted by molar-refractivity contribution is 5.92. The van der Waals surface area contributed by atoms with Crippen LogP contribution in [0.3, 0.4) is 0 Å². The van der Waals surface area contributed by atoms with Gasteiger partial charge in [-0.1, -0.05) is 42.5 Å². The van der Waals surface area contributed by atoms with Crippen molar-refractivity contribution in [2.45, 2.75) is 25.8 Å². The van der Waals surface area contributed by atoms with Gasteiger partial charge < -0.3 is 30.5 Å². The number of nitrogen functional groups attached to an aromatic ring is 1. The smallest absolute Gasteiger partial charge is 0.227 e. The minimum atomic E-state index is -0.576. The van der Waals surface area contributed by atoms with E-state index in [1.165, 1.54) is 0 Å². The van der Waals surface area contributed by atoms with E-state index in [1.54, 1.807) is 38.5 Å². The number of nitrogens with one attached hydrogen (secondary N) is 1. The lowest BCUT2D eigenvalue weighted by Gasteiger charge is -2.41. The molecule has 5 rings (SSSR count). The monoisotopic (exact) mass is 527 g/mol. The molecule has 4 N–H and O–H groups in total. The highest BCUT2D eigenvalue weighted by Gasteiger charge is 2.42. The molecule has 1 amide bonds. The third-order valence-electron chi connectivity index (χ3n) is 7.48. The zero-order chi connectivity index (χ0) is 27.4. The maximum absolute atomic E-state index is 13.7. The minimum Gasteiger partial charge on any atom is -0.508 e.